The van der Waals surface area contributed by atoms with Crippen molar-refractivity contribution in [1.82, 2.24) is 9.88 Å². The van der Waals surface area contributed by atoms with Gasteiger partial charge in [-0.05, 0) is 31.4 Å². The summed E-state index contributed by atoms with van der Waals surface area (Å²) in [6, 6.07) is 2.55. The van der Waals surface area contributed by atoms with Crippen LogP contribution in [-0.4, -0.2) is 33.3 Å². The number of aromatic nitrogens is 1. The van der Waals surface area contributed by atoms with E-state index in [-0.39, 0.29) is 18.5 Å². The first-order chi connectivity index (χ1) is 9.23. The standard InChI is InChI=1S/C12H13F3N2O3/c13-12(14,15)7-17-6-1-3-8(17)9(18)16-11(10(19)20)4-2-5-11/h1,3,6H,2,4-5,7H2,(H,16,18)(H,19,20). The van der Waals surface area contributed by atoms with Gasteiger partial charge in [0.25, 0.3) is 5.91 Å². The summed E-state index contributed by atoms with van der Waals surface area (Å²) in [6.07, 6.45) is -2.08. The van der Waals surface area contributed by atoms with Crippen molar-refractivity contribution < 1.29 is 27.9 Å². The fourth-order valence-corrected chi connectivity index (χ4v) is 2.16. The Morgan fingerprint density at radius 2 is 2.05 bits per heavy atom. The third kappa shape index (κ3) is 2.78. The molecule has 1 amide bonds. The van der Waals surface area contributed by atoms with E-state index in [1.165, 1.54) is 12.1 Å². The molecule has 0 aromatic carbocycles. The zero-order valence-corrected chi connectivity index (χ0v) is 10.4. The molecular weight excluding hydrogens is 277 g/mol. The van der Waals surface area contributed by atoms with Gasteiger partial charge in [0.05, 0.1) is 0 Å². The molecule has 0 aliphatic heterocycles. The van der Waals surface area contributed by atoms with Crippen LogP contribution in [0.3, 0.4) is 0 Å². The van der Waals surface area contributed by atoms with Crippen molar-refractivity contribution in [3.05, 3.63) is 24.0 Å². The number of hydrogen-bond acceptors (Lipinski definition) is 2. The number of hydrogen-bond donors (Lipinski definition) is 2. The highest BCUT2D eigenvalue weighted by molar-refractivity contribution is 5.97. The molecule has 0 radical (unpaired) electrons. The van der Waals surface area contributed by atoms with Crippen molar-refractivity contribution in [2.75, 3.05) is 0 Å². The van der Waals surface area contributed by atoms with E-state index < -0.39 is 30.1 Å². The average molecular weight is 290 g/mol. The van der Waals surface area contributed by atoms with Gasteiger partial charge in [-0.3, -0.25) is 4.79 Å². The molecule has 1 heterocycles. The monoisotopic (exact) mass is 290 g/mol. The number of carboxylic acids is 1. The molecule has 1 aromatic heterocycles. The number of nitrogens with zero attached hydrogens (tertiary/aromatic N) is 1. The molecule has 1 aromatic rings. The van der Waals surface area contributed by atoms with Crippen LogP contribution in [0.5, 0.6) is 0 Å². The van der Waals surface area contributed by atoms with Crippen molar-refractivity contribution in [3.8, 4) is 0 Å². The molecule has 0 unspecified atom stereocenters. The van der Waals surface area contributed by atoms with Gasteiger partial charge in [-0.2, -0.15) is 13.2 Å². The van der Waals surface area contributed by atoms with Crippen LogP contribution in [0.15, 0.2) is 18.3 Å². The molecule has 20 heavy (non-hydrogen) atoms. The molecule has 2 rings (SSSR count). The Hall–Kier alpha value is -1.99. The average Bonchev–Trinajstić information content (AvgIpc) is 2.68. The van der Waals surface area contributed by atoms with Crippen molar-refractivity contribution in [2.45, 2.75) is 37.5 Å². The number of carboxylic acid groups (broad SMARTS) is 1. The first-order valence-corrected chi connectivity index (χ1v) is 6.01. The van der Waals surface area contributed by atoms with Gasteiger partial charge in [-0.25, -0.2) is 4.79 Å². The highest BCUT2D eigenvalue weighted by Gasteiger charge is 2.46. The van der Waals surface area contributed by atoms with Crippen LogP contribution in [0.25, 0.3) is 0 Å². The highest BCUT2D eigenvalue weighted by atomic mass is 19.4. The normalized spacial score (nSPS) is 17.4. The lowest BCUT2D eigenvalue weighted by atomic mass is 9.76. The summed E-state index contributed by atoms with van der Waals surface area (Å²) in [5.74, 6) is -1.97. The summed E-state index contributed by atoms with van der Waals surface area (Å²) in [4.78, 5) is 23.1. The minimum atomic E-state index is -4.45. The fourth-order valence-electron chi connectivity index (χ4n) is 2.16. The maximum atomic E-state index is 12.4. The second-order valence-electron chi connectivity index (χ2n) is 4.83. The number of rotatable bonds is 4. The molecular formula is C12H13F3N2O3. The predicted octanol–water partition coefficient (Wildman–Crippen LogP) is 1.79. The van der Waals surface area contributed by atoms with Crippen LogP contribution in [-0.2, 0) is 11.3 Å². The number of halogens is 3. The van der Waals surface area contributed by atoms with Crippen LogP contribution in [0, 0.1) is 0 Å². The van der Waals surface area contributed by atoms with Gasteiger partial charge in [-0.15, -0.1) is 0 Å². The number of carbonyl (C=O) groups excluding carboxylic acids is 1. The Bertz CT molecular complexity index is 532. The fraction of sp³-hybridized carbons (Fsp3) is 0.500. The first kappa shape index (κ1) is 14.4. The Kier molecular flexibility index (Phi) is 3.49. The van der Waals surface area contributed by atoms with E-state index in [4.69, 9.17) is 5.11 Å². The van der Waals surface area contributed by atoms with Crippen LogP contribution < -0.4 is 5.32 Å². The smallest absolute Gasteiger partial charge is 0.406 e. The molecule has 8 heteroatoms. The SMILES string of the molecule is O=C(NC1(C(=O)O)CCC1)c1cccn1CC(F)(F)F. The minimum absolute atomic E-state index is 0.199. The molecule has 0 atom stereocenters. The van der Waals surface area contributed by atoms with Crippen LogP contribution in [0.1, 0.15) is 29.8 Å². The van der Waals surface area contributed by atoms with E-state index in [1.54, 1.807) is 0 Å². The van der Waals surface area contributed by atoms with Gasteiger partial charge in [-0.1, -0.05) is 0 Å². The second-order valence-corrected chi connectivity index (χ2v) is 4.83. The number of alkyl halides is 3. The Labute approximate surface area is 112 Å². The van der Waals surface area contributed by atoms with Gasteiger partial charge in [0.2, 0.25) is 0 Å². The summed E-state index contributed by atoms with van der Waals surface area (Å²) in [7, 11) is 0. The predicted molar refractivity (Wildman–Crippen MR) is 62.2 cm³/mol. The lowest BCUT2D eigenvalue weighted by molar-refractivity contribution is -0.148. The maximum absolute atomic E-state index is 12.4. The van der Waals surface area contributed by atoms with Crippen LogP contribution in [0.4, 0.5) is 13.2 Å². The van der Waals surface area contributed by atoms with Crippen molar-refractivity contribution >= 4 is 11.9 Å². The number of amides is 1. The molecule has 1 aliphatic carbocycles. The molecule has 1 aliphatic rings. The van der Waals surface area contributed by atoms with E-state index in [9.17, 15) is 22.8 Å². The van der Waals surface area contributed by atoms with Gasteiger partial charge >= 0.3 is 12.1 Å². The molecule has 5 nitrogen and oxygen atoms in total. The minimum Gasteiger partial charge on any atom is -0.480 e. The largest absolute Gasteiger partial charge is 0.480 e. The van der Waals surface area contributed by atoms with Crippen LogP contribution in [0.2, 0.25) is 0 Å². The van der Waals surface area contributed by atoms with Crippen LogP contribution >= 0.6 is 0 Å². The number of aliphatic carboxylic acids is 1. The number of carbonyl (C=O) groups is 2. The third-order valence-corrected chi connectivity index (χ3v) is 3.38. The third-order valence-electron chi connectivity index (χ3n) is 3.38. The molecule has 2 N–H and O–H groups in total. The van der Waals surface area contributed by atoms with E-state index in [2.05, 4.69) is 5.32 Å². The summed E-state index contributed by atoms with van der Waals surface area (Å²) in [6.45, 7) is -1.29. The molecule has 0 spiro atoms. The van der Waals surface area contributed by atoms with Gasteiger partial charge in [0.1, 0.15) is 17.8 Å². The molecule has 110 valence electrons. The van der Waals surface area contributed by atoms with E-state index >= 15 is 0 Å². The Balaban J connectivity index is 2.14. The highest BCUT2D eigenvalue weighted by Crippen LogP contribution is 2.32. The Morgan fingerprint density at radius 3 is 2.50 bits per heavy atom. The van der Waals surface area contributed by atoms with Gasteiger partial charge < -0.3 is 15.0 Å². The van der Waals surface area contributed by atoms with E-state index in [0.717, 1.165) is 10.8 Å². The zero-order chi connectivity index (χ0) is 15.0. The van der Waals surface area contributed by atoms with Crippen molar-refractivity contribution in [1.29, 1.82) is 0 Å². The molecule has 1 saturated carbocycles. The molecule has 1 fully saturated rings. The van der Waals surface area contributed by atoms with Crippen molar-refractivity contribution in [2.24, 2.45) is 0 Å². The van der Waals surface area contributed by atoms with E-state index in [1.807, 2.05) is 0 Å². The first-order valence-electron chi connectivity index (χ1n) is 6.01. The molecule has 0 saturated heterocycles. The lowest BCUT2D eigenvalue weighted by Crippen LogP contribution is -2.59. The van der Waals surface area contributed by atoms with Crippen molar-refractivity contribution in [3.63, 3.8) is 0 Å². The van der Waals surface area contributed by atoms with Gasteiger partial charge in [0, 0.05) is 6.20 Å². The summed E-state index contributed by atoms with van der Waals surface area (Å²) in [5, 5.41) is 11.4. The topological polar surface area (TPSA) is 71.3 Å². The Morgan fingerprint density at radius 1 is 1.40 bits per heavy atom. The number of nitrogens with one attached hydrogen (secondary N) is 1. The van der Waals surface area contributed by atoms with Gasteiger partial charge in [0.15, 0.2) is 0 Å². The summed E-state index contributed by atoms with van der Waals surface area (Å²) >= 11 is 0. The molecule has 0 bridgehead atoms. The summed E-state index contributed by atoms with van der Waals surface area (Å²) in [5.41, 5.74) is -1.54. The quantitative estimate of drug-likeness (QED) is 0.888. The zero-order valence-electron chi connectivity index (χ0n) is 10.4. The second kappa shape index (κ2) is 4.84. The lowest BCUT2D eigenvalue weighted by Gasteiger charge is -2.38. The van der Waals surface area contributed by atoms with E-state index in [0.29, 0.717) is 6.42 Å². The summed E-state index contributed by atoms with van der Waals surface area (Å²) < 4.78 is 37.8. The maximum Gasteiger partial charge on any atom is 0.406 e.